The summed E-state index contributed by atoms with van der Waals surface area (Å²) < 4.78 is 6.92. The number of para-hydroxylation sites is 1. The SMILES string of the molecule is c1ccc2sc(OCCN3CCCC3)nc2c1. The van der Waals surface area contributed by atoms with Gasteiger partial charge >= 0.3 is 0 Å². The molecule has 1 aromatic heterocycles. The Morgan fingerprint density at radius 2 is 2.06 bits per heavy atom. The van der Waals surface area contributed by atoms with Crippen LogP contribution in [0.3, 0.4) is 0 Å². The third-order valence-corrected chi connectivity index (χ3v) is 4.05. The molecule has 3 nitrogen and oxygen atoms in total. The second-order valence-electron chi connectivity index (χ2n) is 4.34. The fraction of sp³-hybridized carbons (Fsp3) is 0.462. The van der Waals surface area contributed by atoms with Gasteiger partial charge in [0, 0.05) is 6.54 Å². The molecule has 3 rings (SSSR count). The first-order chi connectivity index (χ1) is 8.42. The Morgan fingerprint density at radius 3 is 2.88 bits per heavy atom. The fourth-order valence-electron chi connectivity index (χ4n) is 2.18. The Kier molecular flexibility index (Phi) is 3.25. The van der Waals surface area contributed by atoms with Crippen molar-refractivity contribution in [3.8, 4) is 5.19 Å². The number of aromatic nitrogens is 1. The summed E-state index contributed by atoms with van der Waals surface area (Å²) in [5.41, 5.74) is 1.04. The topological polar surface area (TPSA) is 25.4 Å². The lowest BCUT2D eigenvalue weighted by Crippen LogP contribution is -2.24. The molecule has 1 aliphatic rings. The lowest BCUT2D eigenvalue weighted by Gasteiger charge is -2.13. The third kappa shape index (κ3) is 2.58. The van der Waals surface area contributed by atoms with Gasteiger partial charge in [0.25, 0.3) is 5.19 Å². The van der Waals surface area contributed by atoms with E-state index in [2.05, 4.69) is 16.0 Å². The van der Waals surface area contributed by atoms with Crippen LogP contribution in [0.2, 0.25) is 0 Å². The monoisotopic (exact) mass is 248 g/mol. The van der Waals surface area contributed by atoms with Crippen molar-refractivity contribution < 1.29 is 4.74 Å². The first-order valence-electron chi connectivity index (χ1n) is 6.12. The Balaban J connectivity index is 1.57. The summed E-state index contributed by atoms with van der Waals surface area (Å²) in [6.07, 6.45) is 2.67. The first kappa shape index (κ1) is 11.0. The van der Waals surface area contributed by atoms with Crippen LogP contribution in [0.25, 0.3) is 10.2 Å². The maximum absolute atomic E-state index is 5.72. The number of thiazole rings is 1. The molecule has 2 heterocycles. The summed E-state index contributed by atoms with van der Waals surface area (Å²) in [7, 11) is 0. The Bertz CT molecular complexity index is 458. The van der Waals surface area contributed by atoms with E-state index in [1.54, 1.807) is 11.3 Å². The third-order valence-electron chi connectivity index (χ3n) is 3.11. The van der Waals surface area contributed by atoms with Crippen LogP contribution in [-0.2, 0) is 0 Å². The molecular formula is C13H16N2OS. The average Bonchev–Trinajstić information content (AvgIpc) is 2.96. The van der Waals surface area contributed by atoms with Crippen molar-refractivity contribution in [1.29, 1.82) is 0 Å². The lowest BCUT2D eigenvalue weighted by atomic mass is 10.3. The van der Waals surface area contributed by atoms with E-state index < -0.39 is 0 Å². The minimum Gasteiger partial charge on any atom is -0.469 e. The van der Waals surface area contributed by atoms with Gasteiger partial charge in [0.15, 0.2) is 0 Å². The summed E-state index contributed by atoms with van der Waals surface area (Å²) in [5, 5.41) is 0.797. The van der Waals surface area contributed by atoms with Gasteiger partial charge in [0.05, 0.1) is 10.2 Å². The summed E-state index contributed by atoms with van der Waals surface area (Å²) in [6.45, 7) is 4.22. The maximum atomic E-state index is 5.72. The largest absolute Gasteiger partial charge is 0.469 e. The molecule has 0 N–H and O–H groups in total. The molecule has 90 valence electrons. The molecule has 0 spiro atoms. The fourth-order valence-corrected chi connectivity index (χ4v) is 3.02. The number of fused-ring (bicyclic) bond motifs is 1. The zero-order chi connectivity index (χ0) is 11.5. The summed E-state index contributed by atoms with van der Waals surface area (Å²) in [4.78, 5) is 6.91. The van der Waals surface area contributed by atoms with Crippen LogP contribution >= 0.6 is 11.3 Å². The average molecular weight is 248 g/mol. The number of rotatable bonds is 4. The smallest absolute Gasteiger partial charge is 0.274 e. The molecule has 0 saturated carbocycles. The zero-order valence-corrected chi connectivity index (χ0v) is 10.6. The highest BCUT2D eigenvalue weighted by atomic mass is 32.1. The van der Waals surface area contributed by atoms with Crippen molar-refractivity contribution in [1.82, 2.24) is 9.88 Å². The van der Waals surface area contributed by atoms with Gasteiger partial charge in [0.2, 0.25) is 0 Å². The standard InChI is InChI=1S/C13H16N2OS/c1-2-6-12-11(5-1)14-13(17-12)16-10-9-15-7-3-4-8-15/h1-2,5-6H,3-4,7-10H2. The van der Waals surface area contributed by atoms with Crippen LogP contribution in [0.1, 0.15) is 12.8 Å². The van der Waals surface area contributed by atoms with Crippen molar-refractivity contribution >= 4 is 21.6 Å². The molecule has 4 heteroatoms. The number of benzene rings is 1. The van der Waals surface area contributed by atoms with Crippen molar-refractivity contribution in [3.63, 3.8) is 0 Å². The van der Waals surface area contributed by atoms with E-state index >= 15 is 0 Å². The predicted octanol–water partition coefficient (Wildman–Crippen LogP) is 2.77. The van der Waals surface area contributed by atoms with Crippen LogP contribution in [-0.4, -0.2) is 36.1 Å². The Morgan fingerprint density at radius 1 is 1.24 bits per heavy atom. The van der Waals surface area contributed by atoms with E-state index in [0.717, 1.165) is 23.9 Å². The highest BCUT2D eigenvalue weighted by Gasteiger charge is 2.11. The van der Waals surface area contributed by atoms with Gasteiger partial charge in [-0.05, 0) is 38.1 Å². The number of likely N-dealkylation sites (tertiary alicyclic amines) is 1. The Labute approximate surface area is 105 Å². The van der Waals surface area contributed by atoms with E-state index in [-0.39, 0.29) is 0 Å². The van der Waals surface area contributed by atoms with Crippen molar-refractivity contribution in [2.24, 2.45) is 0 Å². The normalized spacial score (nSPS) is 16.7. The van der Waals surface area contributed by atoms with Crippen LogP contribution in [0.5, 0.6) is 5.19 Å². The quantitative estimate of drug-likeness (QED) is 0.832. The molecule has 17 heavy (non-hydrogen) atoms. The van der Waals surface area contributed by atoms with Gasteiger partial charge in [0.1, 0.15) is 6.61 Å². The molecule has 1 aliphatic heterocycles. The molecule has 0 radical (unpaired) electrons. The molecule has 0 amide bonds. The van der Waals surface area contributed by atoms with Crippen LogP contribution in [0.4, 0.5) is 0 Å². The Hall–Kier alpha value is -1.13. The molecular weight excluding hydrogens is 232 g/mol. The second kappa shape index (κ2) is 5.02. The summed E-state index contributed by atoms with van der Waals surface area (Å²) in [5.74, 6) is 0. The van der Waals surface area contributed by atoms with Gasteiger partial charge in [-0.1, -0.05) is 23.5 Å². The molecule has 1 saturated heterocycles. The molecule has 0 bridgehead atoms. The van der Waals surface area contributed by atoms with Crippen molar-refractivity contribution in [3.05, 3.63) is 24.3 Å². The highest BCUT2D eigenvalue weighted by Crippen LogP contribution is 2.27. The maximum Gasteiger partial charge on any atom is 0.274 e. The minimum absolute atomic E-state index is 0.750. The number of nitrogens with zero attached hydrogens (tertiary/aromatic N) is 2. The van der Waals surface area contributed by atoms with Crippen LogP contribution in [0, 0.1) is 0 Å². The minimum atomic E-state index is 0.750. The summed E-state index contributed by atoms with van der Waals surface area (Å²) >= 11 is 1.63. The zero-order valence-electron chi connectivity index (χ0n) is 9.76. The van der Waals surface area contributed by atoms with Crippen LogP contribution in [0.15, 0.2) is 24.3 Å². The second-order valence-corrected chi connectivity index (χ2v) is 5.34. The molecule has 0 aliphatic carbocycles. The number of ether oxygens (including phenoxy) is 1. The van der Waals surface area contributed by atoms with Gasteiger partial charge in [-0.2, -0.15) is 0 Å². The molecule has 0 atom stereocenters. The summed E-state index contributed by atoms with van der Waals surface area (Å²) in [6, 6.07) is 8.16. The molecule has 1 fully saturated rings. The van der Waals surface area contributed by atoms with Gasteiger partial charge < -0.3 is 4.74 Å². The van der Waals surface area contributed by atoms with Crippen molar-refractivity contribution in [2.75, 3.05) is 26.2 Å². The van der Waals surface area contributed by atoms with Gasteiger partial charge in [-0.25, -0.2) is 4.98 Å². The van der Waals surface area contributed by atoms with E-state index in [1.165, 1.54) is 30.6 Å². The van der Waals surface area contributed by atoms with E-state index in [0.29, 0.717) is 0 Å². The predicted molar refractivity (Wildman–Crippen MR) is 70.8 cm³/mol. The molecule has 1 aromatic carbocycles. The lowest BCUT2D eigenvalue weighted by molar-refractivity contribution is 0.237. The van der Waals surface area contributed by atoms with Gasteiger partial charge in [-0.3, -0.25) is 4.90 Å². The molecule has 2 aromatic rings. The molecule has 0 unspecified atom stereocenters. The van der Waals surface area contributed by atoms with Crippen LogP contribution < -0.4 is 4.74 Å². The van der Waals surface area contributed by atoms with Crippen molar-refractivity contribution in [2.45, 2.75) is 12.8 Å². The number of hydrogen-bond donors (Lipinski definition) is 0. The van der Waals surface area contributed by atoms with E-state index in [9.17, 15) is 0 Å². The highest BCUT2D eigenvalue weighted by molar-refractivity contribution is 7.20. The first-order valence-corrected chi connectivity index (χ1v) is 6.94. The van der Waals surface area contributed by atoms with E-state index in [1.807, 2.05) is 18.2 Å². The number of hydrogen-bond acceptors (Lipinski definition) is 4. The van der Waals surface area contributed by atoms with E-state index in [4.69, 9.17) is 4.74 Å². The van der Waals surface area contributed by atoms with Gasteiger partial charge in [-0.15, -0.1) is 0 Å².